The molecule has 7 nitrogen and oxygen atoms in total. The summed E-state index contributed by atoms with van der Waals surface area (Å²) in [6.07, 6.45) is 2.98. The van der Waals surface area contributed by atoms with Gasteiger partial charge in [-0.15, -0.1) is 11.3 Å². The molecular formula is C21H22N2O5S. The maximum atomic E-state index is 12.6. The molecule has 3 aromatic rings. The molecule has 8 heteroatoms. The van der Waals surface area contributed by atoms with Crippen LogP contribution in [0.2, 0.25) is 0 Å². The molecule has 2 heterocycles. The van der Waals surface area contributed by atoms with Crippen LogP contribution in [0.15, 0.2) is 23.0 Å². The summed E-state index contributed by atoms with van der Waals surface area (Å²) in [5.74, 6) is 1.38. The molecule has 4 rings (SSSR count). The number of rotatable bonds is 5. The summed E-state index contributed by atoms with van der Waals surface area (Å²) >= 11 is 1.57. The summed E-state index contributed by atoms with van der Waals surface area (Å²) in [6.45, 7) is 2.10. The van der Waals surface area contributed by atoms with Crippen LogP contribution in [0.3, 0.4) is 0 Å². The molecule has 1 atom stereocenters. The van der Waals surface area contributed by atoms with Crippen molar-refractivity contribution in [3.8, 4) is 11.5 Å². The Morgan fingerprint density at radius 3 is 2.66 bits per heavy atom. The Bertz CT molecular complexity index is 1110. The van der Waals surface area contributed by atoms with Gasteiger partial charge in [0.25, 0.3) is 5.56 Å². The molecule has 0 spiro atoms. The van der Waals surface area contributed by atoms with Crippen molar-refractivity contribution < 1.29 is 19.0 Å². The smallest absolute Gasteiger partial charge is 0.338 e. The number of aromatic nitrogens is 2. The number of hydrogen-bond acceptors (Lipinski definition) is 7. The second-order valence-electron chi connectivity index (χ2n) is 7.22. The third-order valence-corrected chi connectivity index (χ3v) is 6.29. The molecule has 0 aliphatic heterocycles. The van der Waals surface area contributed by atoms with E-state index >= 15 is 0 Å². The molecule has 2 aromatic heterocycles. The van der Waals surface area contributed by atoms with Crippen molar-refractivity contribution in [3.63, 3.8) is 0 Å². The molecule has 0 bridgehead atoms. The number of hydrogen-bond donors (Lipinski definition) is 1. The molecule has 152 valence electrons. The Hall–Kier alpha value is -2.87. The van der Waals surface area contributed by atoms with Crippen LogP contribution in [-0.2, 0) is 24.2 Å². The second-order valence-corrected chi connectivity index (χ2v) is 8.31. The van der Waals surface area contributed by atoms with E-state index < -0.39 is 5.97 Å². The van der Waals surface area contributed by atoms with E-state index in [-0.39, 0.29) is 12.2 Å². The Labute approximate surface area is 171 Å². The number of aryl methyl sites for hydroxylation is 1. The van der Waals surface area contributed by atoms with Gasteiger partial charge in [-0.05, 0) is 42.9 Å². The highest BCUT2D eigenvalue weighted by Crippen LogP contribution is 2.35. The maximum Gasteiger partial charge on any atom is 0.338 e. The minimum atomic E-state index is -0.552. The molecule has 1 aromatic carbocycles. The fourth-order valence-electron chi connectivity index (χ4n) is 3.60. The lowest BCUT2D eigenvalue weighted by Crippen LogP contribution is -2.16. The first-order valence-corrected chi connectivity index (χ1v) is 10.2. The number of thiophene rings is 1. The number of benzene rings is 1. The summed E-state index contributed by atoms with van der Waals surface area (Å²) in [7, 11) is 3.02. The normalized spacial score (nSPS) is 15.8. The first-order chi connectivity index (χ1) is 14.0. The molecular weight excluding hydrogens is 392 g/mol. The predicted molar refractivity (Wildman–Crippen MR) is 110 cm³/mol. The van der Waals surface area contributed by atoms with Crippen LogP contribution in [0.4, 0.5) is 0 Å². The number of ether oxygens (including phenoxy) is 3. The van der Waals surface area contributed by atoms with Gasteiger partial charge in [0, 0.05) is 10.9 Å². The van der Waals surface area contributed by atoms with Crippen LogP contribution in [-0.4, -0.2) is 30.2 Å². The monoisotopic (exact) mass is 414 g/mol. The lowest BCUT2D eigenvalue weighted by atomic mass is 9.89. The molecule has 1 N–H and O–H groups in total. The number of carbonyl (C=O) groups is 1. The molecule has 1 aliphatic carbocycles. The standard InChI is InChI=1S/C21H22N2O5S/c1-11-4-5-15-16(6-11)29-20-18(15)19(24)22-17(23-20)10-28-21(25)12-7-13(26-2)9-14(8-12)27-3/h7-9,11H,4-6,10H2,1-3H3,(H,22,23,24). The molecule has 1 aliphatic rings. The molecule has 0 amide bonds. The lowest BCUT2D eigenvalue weighted by Gasteiger charge is -2.17. The first kappa shape index (κ1) is 19.4. The number of aromatic amines is 1. The fraction of sp³-hybridized carbons (Fsp3) is 0.381. The summed E-state index contributed by atoms with van der Waals surface area (Å²) < 4.78 is 15.7. The average Bonchev–Trinajstić information content (AvgIpc) is 3.09. The van der Waals surface area contributed by atoms with Gasteiger partial charge in [0.1, 0.15) is 28.8 Å². The van der Waals surface area contributed by atoms with Crippen molar-refractivity contribution >= 4 is 27.5 Å². The maximum absolute atomic E-state index is 12.6. The van der Waals surface area contributed by atoms with Crippen molar-refractivity contribution in [2.75, 3.05) is 14.2 Å². The minimum absolute atomic E-state index is 0.123. The summed E-state index contributed by atoms with van der Waals surface area (Å²) in [4.78, 5) is 34.3. The third kappa shape index (κ3) is 3.85. The van der Waals surface area contributed by atoms with E-state index in [2.05, 4.69) is 16.9 Å². The fourth-order valence-corrected chi connectivity index (χ4v) is 5.01. The van der Waals surface area contributed by atoms with Gasteiger partial charge in [-0.1, -0.05) is 6.92 Å². The predicted octanol–water partition coefficient (Wildman–Crippen LogP) is 3.48. The van der Waals surface area contributed by atoms with Crippen LogP contribution in [0.5, 0.6) is 11.5 Å². The highest BCUT2D eigenvalue weighted by molar-refractivity contribution is 7.18. The third-order valence-electron chi connectivity index (χ3n) is 5.14. The van der Waals surface area contributed by atoms with Gasteiger partial charge < -0.3 is 19.2 Å². The van der Waals surface area contributed by atoms with Crippen molar-refractivity contribution in [1.82, 2.24) is 9.97 Å². The zero-order valence-electron chi connectivity index (χ0n) is 16.5. The van der Waals surface area contributed by atoms with Crippen LogP contribution >= 0.6 is 11.3 Å². The topological polar surface area (TPSA) is 90.5 Å². The molecule has 1 unspecified atom stereocenters. The number of carbonyl (C=O) groups excluding carboxylic acids is 1. The summed E-state index contributed by atoms with van der Waals surface area (Å²) in [5, 5.41) is 0.685. The molecule has 0 saturated carbocycles. The van der Waals surface area contributed by atoms with Gasteiger partial charge in [0.2, 0.25) is 0 Å². The molecule has 0 saturated heterocycles. The average molecular weight is 414 g/mol. The number of H-pyrrole nitrogens is 1. The Morgan fingerprint density at radius 1 is 1.24 bits per heavy atom. The van der Waals surface area contributed by atoms with Crippen LogP contribution in [0, 0.1) is 5.92 Å². The van der Waals surface area contributed by atoms with Crippen molar-refractivity contribution in [3.05, 3.63) is 50.4 Å². The number of nitrogens with zero attached hydrogens (tertiary/aromatic N) is 1. The first-order valence-electron chi connectivity index (χ1n) is 9.42. The van der Waals surface area contributed by atoms with Gasteiger partial charge in [0.05, 0.1) is 25.2 Å². The van der Waals surface area contributed by atoms with Gasteiger partial charge in [-0.2, -0.15) is 0 Å². The van der Waals surface area contributed by atoms with Crippen molar-refractivity contribution in [1.29, 1.82) is 0 Å². The number of nitrogens with one attached hydrogen (secondary N) is 1. The van der Waals surface area contributed by atoms with Crippen molar-refractivity contribution in [2.45, 2.75) is 32.8 Å². The van der Waals surface area contributed by atoms with E-state index in [1.165, 1.54) is 19.1 Å². The SMILES string of the molecule is COc1cc(OC)cc(C(=O)OCc2nc3sc4c(c3c(=O)[nH]2)CCC(C)C4)c1. The zero-order valence-corrected chi connectivity index (χ0v) is 17.4. The van der Waals surface area contributed by atoms with Crippen molar-refractivity contribution in [2.24, 2.45) is 5.92 Å². The van der Waals surface area contributed by atoms with E-state index in [0.717, 1.165) is 24.8 Å². The van der Waals surface area contributed by atoms with E-state index in [4.69, 9.17) is 14.2 Å². The second kappa shape index (κ2) is 7.87. The van der Waals surface area contributed by atoms with E-state index in [0.29, 0.717) is 39.0 Å². The van der Waals surface area contributed by atoms with Crippen LogP contribution in [0.1, 0.15) is 40.0 Å². The summed E-state index contributed by atoms with van der Waals surface area (Å²) in [5.41, 5.74) is 1.25. The van der Waals surface area contributed by atoms with Crippen LogP contribution in [0.25, 0.3) is 10.2 Å². The van der Waals surface area contributed by atoms with Gasteiger partial charge in [0.15, 0.2) is 0 Å². The number of fused-ring (bicyclic) bond motifs is 3. The largest absolute Gasteiger partial charge is 0.497 e. The van der Waals surface area contributed by atoms with E-state index in [9.17, 15) is 9.59 Å². The van der Waals surface area contributed by atoms with Gasteiger partial charge in [-0.3, -0.25) is 4.79 Å². The molecule has 0 radical (unpaired) electrons. The number of methoxy groups -OCH3 is 2. The molecule has 29 heavy (non-hydrogen) atoms. The molecule has 0 fully saturated rings. The summed E-state index contributed by atoms with van der Waals surface area (Å²) in [6, 6.07) is 4.81. The van der Waals surface area contributed by atoms with Gasteiger partial charge >= 0.3 is 5.97 Å². The zero-order chi connectivity index (χ0) is 20.5. The number of esters is 1. The van der Waals surface area contributed by atoms with Crippen LogP contribution < -0.4 is 15.0 Å². The van der Waals surface area contributed by atoms with Gasteiger partial charge in [-0.25, -0.2) is 9.78 Å². The highest BCUT2D eigenvalue weighted by atomic mass is 32.1. The quantitative estimate of drug-likeness (QED) is 0.643. The minimum Gasteiger partial charge on any atom is -0.497 e. The Morgan fingerprint density at radius 2 is 1.97 bits per heavy atom. The van der Waals surface area contributed by atoms with E-state index in [1.54, 1.807) is 29.5 Å². The van der Waals surface area contributed by atoms with E-state index in [1.807, 2.05) is 0 Å². The Balaban J connectivity index is 1.56. The Kier molecular flexibility index (Phi) is 5.27. The highest BCUT2D eigenvalue weighted by Gasteiger charge is 2.23. The lowest BCUT2D eigenvalue weighted by molar-refractivity contribution is 0.0461.